The van der Waals surface area contributed by atoms with E-state index in [0.29, 0.717) is 16.6 Å². The Morgan fingerprint density at radius 3 is 1.82 bits per heavy atom. The van der Waals surface area contributed by atoms with Gasteiger partial charge in [-0.25, -0.2) is 0 Å². The number of fused-ring (bicyclic) bond motifs is 2. The fourth-order valence-electron chi connectivity index (χ4n) is 4.13. The quantitative estimate of drug-likeness (QED) is 0.386. The summed E-state index contributed by atoms with van der Waals surface area (Å²) in [6.07, 6.45) is 0. The fraction of sp³-hybridized carbons (Fsp3) is 0.227. The van der Waals surface area contributed by atoms with Crippen LogP contribution < -0.4 is 5.32 Å². The number of rotatable bonds is 4. The number of amides is 1. The summed E-state index contributed by atoms with van der Waals surface area (Å²) in [6.45, 7) is 6.13. The van der Waals surface area contributed by atoms with Gasteiger partial charge in [0.1, 0.15) is 0 Å². The number of carbonyl (C=O) groups is 1. The number of aromatic amines is 2. The second-order valence-electron chi connectivity index (χ2n) is 7.20. The van der Waals surface area contributed by atoms with Crippen molar-refractivity contribution >= 4 is 50.9 Å². The number of aromatic nitrogens is 2. The van der Waals surface area contributed by atoms with Gasteiger partial charge in [-0.1, -0.05) is 23.2 Å². The Morgan fingerprint density at radius 2 is 1.39 bits per heavy atom. The minimum atomic E-state index is -0.0592. The van der Waals surface area contributed by atoms with E-state index in [-0.39, 0.29) is 11.8 Å². The van der Waals surface area contributed by atoms with Crippen molar-refractivity contribution in [3.63, 3.8) is 0 Å². The van der Waals surface area contributed by atoms with Gasteiger partial charge in [0.05, 0.1) is 0 Å². The lowest BCUT2D eigenvalue weighted by molar-refractivity contribution is -0.118. The maximum Gasteiger partial charge on any atom is 0.216 e. The molecule has 0 aliphatic carbocycles. The Morgan fingerprint density at radius 1 is 0.929 bits per heavy atom. The number of aryl methyl sites for hydroxylation is 2. The zero-order valence-corrected chi connectivity index (χ0v) is 17.4. The Labute approximate surface area is 173 Å². The van der Waals surface area contributed by atoms with E-state index < -0.39 is 0 Å². The molecule has 1 amide bonds. The van der Waals surface area contributed by atoms with Gasteiger partial charge >= 0.3 is 0 Å². The molecule has 0 aliphatic heterocycles. The van der Waals surface area contributed by atoms with Crippen molar-refractivity contribution in [2.75, 3.05) is 6.54 Å². The molecule has 4 nitrogen and oxygen atoms in total. The van der Waals surface area contributed by atoms with E-state index in [1.807, 2.05) is 36.4 Å². The monoisotopic (exact) mass is 413 g/mol. The van der Waals surface area contributed by atoms with Gasteiger partial charge in [-0.2, -0.15) is 0 Å². The second kappa shape index (κ2) is 7.19. The molecule has 3 N–H and O–H groups in total. The molecule has 4 rings (SSSR count). The van der Waals surface area contributed by atoms with Crippen LogP contribution in [-0.4, -0.2) is 22.4 Å². The first-order valence-electron chi connectivity index (χ1n) is 9.15. The first-order chi connectivity index (χ1) is 13.3. The molecule has 0 saturated heterocycles. The third-order valence-electron chi connectivity index (χ3n) is 5.25. The summed E-state index contributed by atoms with van der Waals surface area (Å²) in [7, 11) is 0. The van der Waals surface area contributed by atoms with Gasteiger partial charge in [0.25, 0.3) is 0 Å². The molecule has 0 atom stereocenters. The van der Waals surface area contributed by atoms with E-state index in [1.165, 1.54) is 6.92 Å². The fourth-order valence-corrected chi connectivity index (χ4v) is 4.48. The van der Waals surface area contributed by atoms with Crippen LogP contribution in [0, 0.1) is 13.8 Å². The topological polar surface area (TPSA) is 60.7 Å². The van der Waals surface area contributed by atoms with Crippen LogP contribution in [0.15, 0.2) is 36.4 Å². The number of carbonyl (C=O) groups excluding carboxylic acids is 1. The molecule has 0 fully saturated rings. The van der Waals surface area contributed by atoms with Crippen LogP contribution in [0.1, 0.15) is 35.4 Å². The van der Waals surface area contributed by atoms with Crippen LogP contribution in [0.2, 0.25) is 10.0 Å². The molecular formula is C22H21Cl2N3O. The summed E-state index contributed by atoms with van der Waals surface area (Å²) in [4.78, 5) is 18.6. The van der Waals surface area contributed by atoms with Crippen LogP contribution in [0.3, 0.4) is 0 Å². The molecule has 28 heavy (non-hydrogen) atoms. The third kappa shape index (κ3) is 3.27. The number of benzene rings is 2. The van der Waals surface area contributed by atoms with Crippen LogP contribution in [0.4, 0.5) is 0 Å². The van der Waals surface area contributed by atoms with Crippen LogP contribution in [0.5, 0.6) is 0 Å². The SMILES string of the molecule is CC(=O)NCC(c1c(C)[nH]c2ccc(Cl)cc12)c1c(C)[nH]c2ccc(Cl)cc12. The summed E-state index contributed by atoms with van der Waals surface area (Å²) in [5.41, 5.74) is 6.44. The molecule has 2 aromatic carbocycles. The minimum Gasteiger partial charge on any atom is -0.358 e. The van der Waals surface area contributed by atoms with Gasteiger partial charge in [-0.05, 0) is 61.4 Å². The lowest BCUT2D eigenvalue weighted by Gasteiger charge is -2.20. The van der Waals surface area contributed by atoms with Crippen molar-refractivity contribution in [3.05, 3.63) is 69.0 Å². The predicted octanol–water partition coefficient (Wildman–Crippen LogP) is 5.84. The zero-order valence-electron chi connectivity index (χ0n) is 15.9. The number of H-pyrrole nitrogens is 2. The standard InChI is InChI=1S/C22H21Cl2N3O/c1-11-21(16-8-14(23)4-6-19(16)26-11)18(10-25-13(3)28)22-12(2)27-20-7-5-15(24)9-17(20)22/h4-9,18,26-27H,10H2,1-3H3,(H,25,28). The lowest BCUT2D eigenvalue weighted by Crippen LogP contribution is -2.27. The van der Waals surface area contributed by atoms with Crippen LogP contribution in [-0.2, 0) is 4.79 Å². The Bertz CT molecular complexity index is 1120. The first kappa shape index (κ1) is 18.9. The van der Waals surface area contributed by atoms with Gasteiger partial charge in [0.2, 0.25) is 5.91 Å². The number of nitrogens with one attached hydrogen (secondary N) is 3. The van der Waals surface area contributed by atoms with Gasteiger partial charge in [0, 0.05) is 62.6 Å². The largest absolute Gasteiger partial charge is 0.358 e. The highest BCUT2D eigenvalue weighted by Crippen LogP contribution is 2.39. The molecule has 0 bridgehead atoms. The summed E-state index contributed by atoms with van der Waals surface area (Å²) in [5, 5.41) is 6.50. The average Bonchev–Trinajstić information content (AvgIpc) is 3.12. The van der Waals surface area contributed by atoms with Crippen LogP contribution in [0.25, 0.3) is 21.8 Å². The molecule has 4 aromatic rings. The predicted molar refractivity (Wildman–Crippen MR) is 117 cm³/mol. The van der Waals surface area contributed by atoms with Crippen molar-refractivity contribution in [2.45, 2.75) is 26.7 Å². The summed E-state index contributed by atoms with van der Waals surface area (Å²) < 4.78 is 0. The van der Waals surface area contributed by atoms with Gasteiger partial charge in [0.15, 0.2) is 0 Å². The first-order valence-corrected chi connectivity index (χ1v) is 9.90. The third-order valence-corrected chi connectivity index (χ3v) is 5.72. The van der Waals surface area contributed by atoms with E-state index in [0.717, 1.165) is 44.3 Å². The molecule has 2 heterocycles. The Balaban J connectivity index is 1.99. The van der Waals surface area contributed by atoms with Crippen molar-refractivity contribution in [1.82, 2.24) is 15.3 Å². The van der Waals surface area contributed by atoms with E-state index in [1.54, 1.807) is 0 Å². The molecule has 0 unspecified atom stereocenters. The van der Waals surface area contributed by atoms with Crippen molar-refractivity contribution < 1.29 is 4.79 Å². The summed E-state index contributed by atoms with van der Waals surface area (Å²) in [5.74, 6) is -0.112. The van der Waals surface area contributed by atoms with E-state index in [2.05, 4.69) is 29.1 Å². The van der Waals surface area contributed by atoms with Crippen molar-refractivity contribution in [2.24, 2.45) is 0 Å². The van der Waals surface area contributed by atoms with Crippen molar-refractivity contribution in [1.29, 1.82) is 0 Å². The minimum absolute atomic E-state index is 0.0525. The normalized spacial score (nSPS) is 11.6. The Kier molecular flexibility index (Phi) is 4.86. The lowest BCUT2D eigenvalue weighted by atomic mass is 9.87. The maximum atomic E-state index is 11.7. The molecule has 6 heteroatoms. The highest BCUT2D eigenvalue weighted by atomic mass is 35.5. The maximum absolute atomic E-state index is 11.7. The van der Waals surface area contributed by atoms with Crippen molar-refractivity contribution in [3.8, 4) is 0 Å². The Hall–Kier alpha value is -2.43. The smallest absolute Gasteiger partial charge is 0.216 e. The van der Waals surface area contributed by atoms with Gasteiger partial charge in [-0.3, -0.25) is 4.79 Å². The number of hydrogen-bond donors (Lipinski definition) is 3. The van der Waals surface area contributed by atoms with E-state index in [4.69, 9.17) is 23.2 Å². The van der Waals surface area contributed by atoms with E-state index in [9.17, 15) is 4.79 Å². The average molecular weight is 414 g/mol. The molecule has 144 valence electrons. The molecule has 0 spiro atoms. The molecule has 2 aromatic heterocycles. The molecule has 0 saturated carbocycles. The summed E-state index contributed by atoms with van der Waals surface area (Å²) >= 11 is 12.6. The molecule has 0 radical (unpaired) electrons. The molecule has 0 aliphatic rings. The van der Waals surface area contributed by atoms with E-state index >= 15 is 0 Å². The molecular weight excluding hydrogens is 393 g/mol. The number of halogens is 2. The van der Waals surface area contributed by atoms with Gasteiger partial charge < -0.3 is 15.3 Å². The van der Waals surface area contributed by atoms with Crippen LogP contribution >= 0.6 is 23.2 Å². The highest BCUT2D eigenvalue weighted by molar-refractivity contribution is 6.31. The number of hydrogen-bond acceptors (Lipinski definition) is 1. The second-order valence-corrected chi connectivity index (χ2v) is 8.07. The summed E-state index contributed by atoms with van der Waals surface area (Å²) in [6, 6.07) is 11.7. The zero-order chi connectivity index (χ0) is 20.0. The highest BCUT2D eigenvalue weighted by Gasteiger charge is 2.26. The van der Waals surface area contributed by atoms with Gasteiger partial charge in [-0.15, -0.1) is 0 Å².